The van der Waals surface area contributed by atoms with Crippen molar-refractivity contribution in [2.45, 2.75) is 89.7 Å². The Balaban J connectivity index is 0. The molecule has 0 radical (unpaired) electrons. The van der Waals surface area contributed by atoms with Gasteiger partial charge in [-0.25, -0.2) is 6.61 Å². The molecule has 0 aliphatic carbocycles. The van der Waals surface area contributed by atoms with E-state index in [0.29, 0.717) is 13.2 Å². The van der Waals surface area contributed by atoms with Gasteiger partial charge in [0.1, 0.15) is 5.60 Å². The second-order valence-corrected chi connectivity index (χ2v) is 8.51. The van der Waals surface area contributed by atoms with Crippen LogP contribution in [0.1, 0.15) is 41.5 Å². The second kappa shape index (κ2) is 14.0. The molecule has 32 heavy (non-hydrogen) atoms. The minimum atomic E-state index is -0.647. The predicted molar refractivity (Wildman–Crippen MR) is 111 cm³/mol. The van der Waals surface area contributed by atoms with Crippen molar-refractivity contribution < 1.29 is 80.8 Å². The van der Waals surface area contributed by atoms with E-state index in [0.717, 1.165) is 0 Å². The monoisotopic (exact) mass is 800 g/mol. The molecule has 4 rings (SSSR count). The van der Waals surface area contributed by atoms with Crippen LogP contribution in [0.2, 0.25) is 0 Å². The van der Waals surface area contributed by atoms with Gasteiger partial charge in [-0.3, -0.25) is 0 Å². The standard InChI is InChI=1S/2C10H17O4.2CH3.2W/c1-6-8(11)4-13-9-5-12-7(2)14-10(6,9)3;1-6-4-13-8-5-12-7(2)14-10(8,3)9(6)11;;;;/h2*4,6-9,11H,5H2,1-3H3;2*1H3;;/q4*-1;2*+2. The van der Waals surface area contributed by atoms with Crippen LogP contribution in [0.5, 0.6) is 0 Å². The Kier molecular flexibility index (Phi) is 15.4. The molecule has 2 N–H and O–H groups in total. The molecule has 0 amide bonds. The van der Waals surface area contributed by atoms with Gasteiger partial charge in [0.2, 0.25) is 0 Å². The maximum absolute atomic E-state index is 10.1. The van der Waals surface area contributed by atoms with E-state index in [1.54, 1.807) is 6.61 Å². The van der Waals surface area contributed by atoms with Gasteiger partial charge in [0, 0.05) is 0 Å². The summed E-state index contributed by atoms with van der Waals surface area (Å²) in [6.45, 7) is 15.5. The van der Waals surface area contributed by atoms with Gasteiger partial charge in [0.05, 0.1) is 37.1 Å². The van der Waals surface area contributed by atoms with E-state index in [1.165, 1.54) is 6.61 Å². The summed E-state index contributed by atoms with van der Waals surface area (Å²) in [6.07, 6.45) is -1.93. The average Bonchev–Trinajstić information content (AvgIpc) is 2.63. The Morgan fingerprint density at radius 2 is 1.19 bits per heavy atom. The molecule has 0 aromatic carbocycles. The Labute approximate surface area is 222 Å². The number of hydrogen-bond donors (Lipinski definition) is 2. The summed E-state index contributed by atoms with van der Waals surface area (Å²) in [6, 6.07) is 0. The molecule has 0 aromatic rings. The molecule has 4 heterocycles. The topological polar surface area (TPSA) is 95.8 Å². The number of rotatable bonds is 0. The Bertz CT molecular complexity index is 486. The minimum Gasteiger partial charge on any atom is -0.546 e. The first-order valence-corrected chi connectivity index (χ1v) is 10.0. The van der Waals surface area contributed by atoms with E-state index in [1.807, 2.05) is 41.5 Å². The molecule has 0 spiro atoms. The third-order valence-corrected chi connectivity index (χ3v) is 6.42. The van der Waals surface area contributed by atoms with Crippen molar-refractivity contribution in [3.05, 3.63) is 28.1 Å². The zero-order chi connectivity index (χ0) is 20.7. The van der Waals surface area contributed by atoms with Crippen LogP contribution >= 0.6 is 0 Å². The summed E-state index contributed by atoms with van der Waals surface area (Å²) < 4.78 is 32.9. The summed E-state index contributed by atoms with van der Waals surface area (Å²) in [7, 11) is 0. The van der Waals surface area contributed by atoms with Crippen molar-refractivity contribution in [3.63, 3.8) is 0 Å². The first-order valence-electron chi connectivity index (χ1n) is 10.0. The van der Waals surface area contributed by atoms with Crippen LogP contribution in [0.25, 0.3) is 0 Å². The van der Waals surface area contributed by atoms with Crippen LogP contribution in [-0.4, -0.2) is 71.6 Å². The largest absolute Gasteiger partial charge is 2.00 e. The van der Waals surface area contributed by atoms with Gasteiger partial charge in [-0.1, -0.05) is 13.8 Å². The van der Waals surface area contributed by atoms with E-state index >= 15 is 0 Å². The molecule has 8 nitrogen and oxygen atoms in total. The summed E-state index contributed by atoms with van der Waals surface area (Å²) in [4.78, 5) is 0. The number of fused-ring (bicyclic) bond motifs is 2. The molecule has 10 unspecified atom stereocenters. The third kappa shape index (κ3) is 7.06. The first-order chi connectivity index (χ1) is 13.1. The zero-order valence-electron chi connectivity index (χ0n) is 20.3. The molecular weight excluding hydrogens is 760 g/mol. The van der Waals surface area contributed by atoms with Crippen LogP contribution < -0.4 is 0 Å². The van der Waals surface area contributed by atoms with Crippen molar-refractivity contribution in [2.75, 3.05) is 13.2 Å². The maximum atomic E-state index is 10.1. The van der Waals surface area contributed by atoms with Gasteiger partial charge in [0.25, 0.3) is 0 Å². The predicted octanol–water partition coefficient (Wildman–Crippen LogP) is 2.29. The first kappa shape index (κ1) is 35.2. The Hall–Kier alpha value is 1.06. The fourth-order valence-corrected chi connectivity index (χ4v) is 4.17. The maximum Gasteiger partial charge on any atom is 2.00 e. The molecule has 10 heteroatoms. The van der Waals surface area contributed by atoms with Crippen LogP contribution in [0.3, 0.4) is 0 Å². The van der Waals surface area contributed by atoms with E-state index in [4.69, 9.17) is 28.4 Å². The molecule has 0 aromatic heterocycles. The Morgan fingerprint density at radius 3 is 1.72 bits per heavy atom. The van der Waals surface area contributed by atoms with Gasteiger partial charge in [-0.15, -0.1) is 5.92 Å². The van der Waals surface area contributed by atoms with Crippen LogP contribution in [0, 0.1) is 39.9 Å². The Morgan fingerprint density at radius 1 is 0.750 bits per heavy atom. The molecule has 4 aliphatic rings. The van der Waals surface area contributed by atoms with Crippen LogP contribution in [-0.2, 0) is 70.6 Å². The van der Waals surface area contributed by atoms with Crippen molar-refractivity contribution in [3.8, 4) is 0 Å². The molecule has 4 aliphatic heterocycles. The summed E-state index contributed by atoms with van der Waals surface area (Å²) in [5.41, 5.74) is -1.10. The van der Waals surface area contributed by atoms with Crippen molar-refractivity contribution in [2.24, 2.45) is 11.8 Å². The number of aliphatic hydroxyl groups excluding tert-OH is 2. The van der Waals surface area contributed by atoms with Crippen LogP contribution in [0.15, 0.2) is 0 Å². The van der Waals surface area contributed by atoms with E-state index in [-0.39, 0.29) is 93.6 Å². The van der Waals surface area contributed by atoms with Crippen molar-refractivity contribution in [1.82, 2.24) is 0 Å². The normalized spacial score (nSPS) is 47.2. The summed E-state index contributed by atoms with van der Waals surface area (Å²) in [5, 5.41) is 19.7. The molecule has 10 atom stereocenters. The van der Waals surface area contributed by atoms with Gasteiger partial charge < -0.3 is 53.5 Å². The van der Waals surface area contributed by atoms with Gasteiger partial charge in [-0.05, 0) is 39.7 Å². The zero-order valence-corrected chi connectivity index (χ0v) is 26.2. The molecule has 4 fully saturated rings. The molecule has 0 saturated carbocycles. The van der Waals surface area contributed by atoms with Gasteiger partial charge in [0.15, 0.2) is 12.6 Å². The third-order valence-electron chi connectivity index (χ3n) is 6.42. The SMILES string of the molecule is CC1OCC2O[CH-]C(C)C(O)C2(C)O1.CC1OCC2O[CH-]C(O)C(C)C2(C)O1.[CH3-].[CH3-].[W+2].[W+2]. The number of hydrogen-bond acceptors (Lipinski definition) is 8. The average molecular weight is 800 g/mol. The molecule has 188 valence electrons. The van der Waals surface area contributed by atoms with Crippen molar-refractivity contribution >= 4 is 0 Å². The summed E-state index contributed by atoms with van der Waals surface area (Å²) >= 11 is 0. The van der Waals surface area contributed by atoms with Crippen molar-refractivity contribution in [1.29, 1.82) is 0 Å². The van der Waals surface area contributed by atoms with E-state index in [9.17, 15) is 10.2 Å². The van der Waals surface area contributed by atoms with Crippen LogP contribution in [0.4, 0.5) is 0 Å². The number of aliphatic hydroxyl groups is 2. The second-order valence-electron chi connectivity index (χ2n) is 8.51. The van der Waals surface area contributed by atoms with E-state index < -0.39 is 23.4 Å². The summed E-state index contributed by atoms with van der Waals surface area (Å²) in [5.74, 6) is 0.00847. The molecular formula is C22H40O8W2. The quantitative estimate of drug-likeness (QED) is 0.361. The molecule has 4 saturated heterocycles. The van der Waals surface area contributed by atoms with Gasteiger partial charge >= 0.3 is 42.1 Å². The number of ether oxygens (including phenoxy) is 6. The van der Waals surface area contributed by atoms with E-state index in [2.05, 4.69) is 0 Å². The smallest absolute Gasteiger partial charge is 0.546 e. The fourth-order valence-electron chi connectivity index (χ4n) is 4.17. The fraction of sp³-hybridized carbons (Fsp3) is 0.818. The minimum absolute atomic E-state index is 0. The molecule has 0 bridgehead atoms. The van der Waals surface area contributed by atoms with Gasteiger partial charge in [-0.2, -0.15) is 6.61 Å².